The normalized spacial score (nSPS) is 20.0. The first-order valence-electron chi connectivity index (χ1n) is 6.13. The minimum absolute atomic E-state index is 0.185. The van der Waals surface area contributed by atoms with Gasteiger partial charge in [-0.1, -0.05) is 13.8 Å². The van der Waals surface area contributed by atoms with Crippen molar-refractivity contribution in [3.8, 4) is 0 Å². The van der Waals surface area contributed by atoms with Gasteiger partial charge in [0.05, 0.1) is 0 Å². The molecule has 1 atom stereocenters. The Kier molecular flexibility index (Phi) is 4.07. The standard InChI is InChI=1S/C14H18INO/c1-10(2)12-7-8-16(9-12)14(17)11-3-5-13(15)6-4-11/h3-6,10,12H,7-9H2,1-2H3. The molecule has 1 aliphatic rings. The zero-order valence-corrected chi connectivity index (χ0v) is 12.5. The second kappa shape index (κ2) is 5.38. The summed E-state index contributed by atoms with van der Waals surface area (Å²) in [5, 5.41) is 0. The highest BCUT2D eigenvalue weighted by Crippen LogP contribution is 2.24. The molecule has 1 unspecified atom stereocenters. The Morgan fingerprint density at radius 2 is 2.00 bits per heavy atom. The fourth-order valence-corrected chi connectivity index (χ4v) is 2.65. The monoisotopic (exact) mass is 343 g/mol. The number of hydrogen-bond donors (Lipinski definition) is 0. The molecular formula is C14H18INO. The number of carbonyl (C=O) groups is 1. The van der Waals surface area contributed by atoms with Crippen LogP contribution in [0.25, 0.3) is 0 Å². The van der Waals surface area contributed by atoms with Crippen LogP contribution in [0.15, 0.2) is 24.3 Å². The first-order valence-corrected chi connectivity index (χ1v) is 7.20. The highest BCUT2D eigenvalue weighted by atomic mass is 127. The third-order valence-corrected chi connectivity index (χ3v) is 4.27. The lowest BCUT2D eigenvalue weighted by atomic mass is 9.95. The van der Waals surface area contributed by atoms with Crippen molar-refractivity contribution in [2.24, 2.45) is 11.8 Å². The number of amides is 1. The number of rotatable bonds is 2. The third kappa shape index (κ3) is 3.00. The number of likely N-dealkylation sites (tertiary alicyclic amines) is 1. The fourth-order valence-electron chi connectivity index (χ4n) is 2.29. The van der Waals surface area contributed by atoms with Crippen molar-refractivity contribution in [3.63, 3.8) is 0 Å². The van der Waals surface area contributed by atoms with Crippen LogP contribution in [0, 0.1) is 15.4 Å². The minimum atomic E-state index is 0.185. The lowest BCUT2D eigenvalue weighted by molar-refractivity contribution is 0.0784. The SMILES string of the molecule is CC(C)C1CCN(C(=O)c2ccc(I)cc2)C1. The van der Waals surface area contributed by atoms with E-state index in [1.54, 1.807) is 0 Å². The van der Waals surface area contributed by atoms with E-state index in [1.165, 1.54) is 3.57 Å². The highest BCUT2D eigenvalue weighted by Gasteiger charge is 2.28. The number of benzene rings is 1. The van der Waals surface area contributed by atoms with Crippen molar-refractivity contribution < 1.29 is 4.79 Å². The summed E-state index contributed by atoms with van der Waals surface area (Å²) in [6.07, 6.45) is 1.15. The van der Waals surface area contributed by atoms with Crippen LogP contribution in [-0.4, -0.2) is 23.9 Å². The molecule has 0 radical (unpaired) electrons. The molecule has 0 N–H and O–H groups in total. The maximum Gasteiger partial charge on any atom is 0.253 e. The van der Waals surface area contributed by atoms with Crippen LogP contribution >= 0.6 is 22.6 Å². The molecular weight excluding hydrogens is 325 g/mol. The Balaban J connectivity index is 2.04. The quantitative estimate of drug-likeness (QED) is 0.754. The van der Waals surface area contributed by atoms with Crippen LogP contribution in [0.5, 0.6) is 0 Å². The maximum atomic E-state index is 12.2. The van der Waals surface area contributed by atoms with Gasteiger partial charge in [-0.05, 0) is 65.1 Å². The molecule has 0 bridgehead atoms. The summed E-state index contributed by atoms with van der Waals surface area (Å²) in [7, 11) is 0. The molecule has 0 aliphatic carbocycles. The van der Waals surface area contributed by atoms with Gasteiger partial charge in [0.1, 0.15) is 0 Å². The van der Waals surface area contributed by atoms with Gasteiger partial charge in [0.2, 0.25) is 0 Å². The van der Waals surface area contributed by atoms with Crippen molar-refractivity contribution in [2.75, 3.05) is 13.1 Å². The lowest BCUT2D eigenvalue weighted by Gasteiger charge is -2.18. The van der Waals surface area contributed by atoms with Crippen molar-refractivity contribution >= 4 is 28.5 Å². The highest BCUT2D eigenvalue weighted by molar-refractivity contribution is 14.1. The molecule has 0 spiro atoms. The molecule has 3 heteroatoms. The molecule has 0 aromatic heterocycles. The summed E-state index contributed by atoms with van der Waals surface area (Å²) in [6, 6.07) is 7.83. The van der Waals surface area contributed by atoms with Gasteiger partial charge >= 0.3 is 0 Å². The number of halogens is 1. The molecule has 0 saturated carbocycles. The summed E-state index contributed by atoms with van der Waals surface area (Å²) in [6.45, 7) is 6.31. The molecule has 1 aliphatic heterocycles. The van der Waals surface area contributed by atoms with E-state index in [4.69, 9.17) is 0 Å². The summed E-state index contributed by atoms with van der Waals surface area (Å²) in [5.41, 5.74) is 0.815. The molecule has 1 amide bonds. The van der Waals surface area contributed by atoms with E-state index in [1.807, 2.05) is 29.2 Å². The largest absolute Gasteiger partial charge is 0.338 e. The Hall–Kier alpha value is -0.580. The smallest absolute Gasteiger partial charge is 0.253 e. The van der Waals surface area contributed by atoms with E-state index in [-0.39, 0.29) is 5.91 Å². The molecule has 92 valence electrons. The zero-order valence-electron chi connectivity index (χ0n) is 10.3. The average Bonchev–Trinajstić information content (AvgIpc) is 2.78. The number of carbonyl (C=O) groups excluding carboxylic acids is 1. The third-order valence-electron chi connectivity index (χ3n) is 3.55. The molecule has 2 rings (SSSR count). The molecule has 2 nitrogen and oxygen atoms in total. The van der Waals surface area contributed by atoms with E-state index in [0.717, 1.165) is 25.1 Å². The number of nitrogens with zero attached hydrogens (tertiary/aromatic N) is 1. The van der Waals surface area contributed by atoms with E-state index >= 15 is 0 Å². The average molecular weight is 343 g/mol. The van der Waals surface area contributed by atoms with E-state index < -0.39 is 0 Å². The Bertz CT molecular complexity index is 399. The molecule has 1 aromatic rings. The lowest BCUT2D eigenvalue weighted by Crippen LogP contribution is -2.29. The molecule has 1 aromatic carbocycles. The van der Waals surface area contributed by atoms with Gasteiger partial charge in [-0.25, -0.2) is 0 Å². The summed E-state index contributed by atoms with van der Waals surface area (Å²) in [4.78, 5) is 14.2. The number of hydrogen-bond acceptors (Lipinski definition) is 1. The van der Waals surface area contributed by atoms with Crippen LogP contribution in [0.3, 0.4) is 0 Å². The predicted molar refractivity (Wildman–Crippen MR) is 78.0 cm³/mol. The fraction of sp³-hybridized carbons (Fsp3) is 0.500. The molecule has 17 heavy (non-hydrogen) atoms. The van der Waals surface area contributed by atoms with Crippen LogP contribution in [0.1, 0.15) is 30.6 Å². The topological polar surface area (TPSA) is 20.3 Å². The van der Waals surface area contributed by atoms with Gasteiger partial charge in [0, 0.05) is 22.2 Å². The van der Waals surface area contributed by atoms with Gasteiger partial charge in [0.15, 0.2) is 0 Å². The minimum Gasteiger partial charge on any atom is -0.338 e. The molecule has 1 heterocycles. The molecule has 1 saturated heterocycles. The van der Waals surface area contributed by atoms with E-state index in [9.17, 15) is 4.79 Å². The summed E-state index contributed by atoms with van der Waals surface area (Å²) < 4.78 is 1.17. The summed E-state index contributed by atoms with van der Waals surface area (Å²) >= 11 is 2.26. The second-order valence-electron chi connectivity index (χ2n) is 5.05. The zero-order chi connectivity index (χ0) is 12.4. The van der Waals surface area contributed by atoms with E-state index in [2.05, 4.69) is 36.4 Å². The van der Waals surface area contributed by atoms with Gasteiger partial charge < -0.3 is 4.90 Å². The van der Waals surface area contributed by atoms with Crippen molar-refractivity contribution in [3.05, 3.63) is 33.4 Å². The second-order valence-corrected chi connectivity index (χ2v) is 6.30. The van der Waals surface area contributed by atoms with Gasteiger partial charge in [0.25, 0.3) is 5.91 Å². The van der Waals surface area contributed by atoms with E-state index in [0.29, 0.717) is 11.8 Å². The first kappa shape index (κ1) is 12.9. The van der Waals surface area contributed by atoms with Crippen molar-refractivity contribution in [1.29, 1.82) is 0 Å². The predicted octanol–water partition coefficient (Wildman–Crippen LogP) is 3.41. The maximum absolute atomic E-state index is 12.2. The summed E-state index contributed by atoms with van der Waals surface area (Å²) in [5.74, 6) is 1.52. The van der Waals surface area contributed by atoms with Crippen LogP contribution in [0.2, 0.25) is 0 Å². The first-order chi connectivity index (χ1) is 8.08. The van der Waals surface area contributed by atoms with Crippen molar-refractivity contribution in [2.45, 2.75) is 20.3 Å². The molecule has 1 fully saturated rings. The van der Waals surface area contributed by atoms with Crippen LogP contribution in [0.4, 0.5) is 0 Å². The van der Waals surface area contributed by atoms with Gasteiger partial charge in [-0.15, -0.1) is 0 Å². The van der Waals surface area contributed by atoms with Gasteiger partial charge in [-0.2, -0.15) is 0 Å². The Morgan fingerprint density at radius 1 is 1.35 bits per heavy atom. The Morgan fingerprint density at radius 3 is 2.53 bits per heavy atom. The van der Waals surface area contributed by atoms with Crippen LogP contribution < -0.4 is 0 Å². The van der Waals surface area contributed by atoms with Crippen molar-refractivity contribution in [1.82, 2.24) is 4.90 Å². The Labute approximate surface area is 117 Å². The van der Waals surface area contributed by atoms with Gasteiger partial charge in [-0.3, -0.25) is 4.79 Å². The van der Waals surface area contributed by atoms with Crippen LogP contribution in [-0.2, 0) is 0 Å².